The molecule has 1 N–H and O–H groups in total. The van der Waals surface area contributed by atoms with E-state index in [1.165, 1.54) is 12.7 Å². The SMILES string of the molecule is N#CNCc1cocn1. The Bertz CT molecular complexity index is 198. The maximum absolute atomic E-state index is 8.05. The Morgan fingerprint density at radius 1 is 1.89 bits per heavy atom. The lowest BCUT2D eigenvalue weighted by Gasteiger charge is -1.86. The van der Waals surface area contributed by atoms with E-state index in [0.29, 0.717) is 6.54 Å². The van der Waals surface area contributed by atoms with Gasteiger partial charge in [0, 0.05) is 0 Å². The van der Waals surface area contributed by atoms with E-state index in [-0.39, 0.29) is 0 Å². The van der Waals surface area contributed by atoms with Crippen LogP contribution in [0.25, 0.3) is 0 Å². The smallest absolute Gasteiger partial charge is 0.180 e. The van der Waals surface area contributed by atoms with E-state index in [4.69, 9.17) is 5.26 Å². The Morgan fingerprint density at radius 2 is 2.78 bits per heavy atom. The second-order valence-corrected chi connectivity index (χ2v) is 1.45. The van der Waals surface area contributed by atoms with Crippen molar-refractivity contribution in [1.82, 2.24) is 10.3 Å². The summed E-state index contributed by atoms with van der Waals surface area (Å²) in [6.07, 6.45) is 4.59. The molecule has 0 saturated carbocycles. The molecule has 0 spiro atoms. The van der Waals surface area contributed by atoms with Crippen LogP contribution in [-0.2, 0) is 6.54 Å². The fraction of sp³-hybridized carbons (Fsp3) is 0.200. The van der Waals surface area contributed by atoms with Crippen molar-refractivity contribution in [1.29, 1.82) is 5.26 Å². The molecule has 0 bridgehead atoms. The molecule has 0 atom stereocenters. The van der Waals surface area contributed by atoms with Gasteiger partial charge in [-0.15, -0.1) is 0 Å². The van der Waals surface area contributed by atoms with Gasteiger partial charge in [-0.1, -0.05) is 0 Å². The second kappa shape index (κ2) is 2.72. The van der Waals surface area contributed by atoms with Crippen LogP contribution in [0.1, 0.15) is 5.69 Å². The first-order valence-corrected chi connectivity index (χ1v) is 2.42. The lowest BCUT2D eigenvalue weighted by molar-refractivity contribution is 0.556. The summed E-state index contributed by atoms with van der Waals surface area (Å²) in [7, 11) is 0. The van der Waals surface area contributed by atoms with Crippen LogP contribution in [0, 0.1) is 11.5 Å². The zero-order valence-corrected chi connectivity index (χ0v) is 4.66. The Morgan fingerprint density at radius 3 is 3.33 bits per heavy atom. The van der Waals surface area contributed by atoms with Gasteiger partial charge in [-0.25, -0.2) is 4.98 Å². The number of aromatic nitrogens is 1. The van der Waals surface area contributed by atoms with Crippen molar-refractivity contribution in [3.8, 4) is 6.19 Å². The molecule has 0 unspecified atom stereocenters. The van der Waals surface area contributed by atoms with E-state index >= 15 is 0 Å². The molecule has 0 aliphatic carbocycles. The predicted molar refractivity (Wildman–Crippen MR) is 29.0 cm³/mol. The molecule has 1 aromatic rings. The highest BCUT2D eigenvalue weighted by Gasteiger charge is 1.90. The van der Waals surface area contributed by atoms with E-state index in [0.717, 1.165) is 5.69 Å². The Balaban J connectivity index is 2.41. The minimum Gasteiger partial charge on any atom is -0.451 e. The van der Waals surface area contributed by atoms with Crippen molar-refractivity contribution in [3.63, 3.8) is 0 Å². The summed E-state index contributed by atoms with van der Waals surface area (Å²) in [6.45, 7) is 0.437. The summed E-state index contributed by atoms with van der Waals surface area (Å²) in [6, 6.07) is 0. The van der Waals surface area contributed by atoms with E-state index in [2.05, 4.69) is 14.7 Å². The Kier molecular flexibility index (Phi) is 1.70. The number of hydrogen-bond donors (Lipinski definition) is 1. The molecule has 4 nitrogen and oxygen atoms in total. The van der Waals surface area contributed by atoms with Gasteiger partial charge in [-0.3, -0.25) is 0 Å². The van der Waals surface area contributed by atoms with Gasteiger partial charge in [0.15, 0.2) is 12.6 Å². The second-order valence-electron chi connectivity index (χ2n) is 1.45. The third-order valence-electron chi connectivity index (χ3n) is 0.832. The zero-order chi connectivity index (χ0) is 6.53. The zero-order valence-electron chi connectivity index (χ0n) is 4.66. The molecule has 4 heteroatoms. The van der Waals surface area contributed by atoms with Gasteiger partial charge >= 0.3 is 0 Å². The average molecular weight is 123 g/mol. The topological polar surface area (TPSA) is 61.9 Å². The van der Waals surface area contributed by atoms with Crippen molar-refractivity contribution in [2.45, 2.75) is 6.54 Å². The monoisotopic (exact) mass is 123 g/mol. The van der Waals surface area contributed by atoms with Crippen LogP contribution in [0.3, 0.4) is 0 Å². The minimum absolute atomic E-state index is 0.437. The fourth-order valence-electron chi connectivity index (χ4n) is 0.455. The van der Waals surface area contributed by atoms with Crippen molar-refractivity contribution in [2.75, 3.05) is 0 Å². The van der Waals surface area contributed by atoms with Gasteiger partial charge in [0.05, 0.1) is 12.2 Å². The quantitative estimate of drug-likeness (QED) is 0.452. The molecule has 1 aromatic heterocycles. The van der Waals surface area contributed by atoms with Gasteiger partial charge in [-0.2, -0.15) is 5.26 Å². The van der Waals surface area contributed by atoms with Crippen LogP contribution < -0.4 is 5.32 Å². The highest BCUT2D eigenvalue weighted by molar-refractivity contribution is 4.91. The molecule has 9 heavy (non-hydrogen) atoms. The van der Waals surface area contributed by atoms with E-state index in [1.807, 2.05) is 0 Å². The molecule has 1 heterocycles. The maximum Gasteiger partial charge on any atom is 0.180 e. The molecule has 46 valence electrons. The van der Waals surface area contributed by atoms with Gasteiger partial charge in [0.1, 0.15) is 6.26 Å². The van der Waals surface area contributed by atoms with Crippen LogP contribution in [0.15, 0.2) is 17.1 Å². The van der Waals surface area contributed by atoms with Gasteiger partial charge in [-0.05, 0) is 0 Å². The normalized spacial score (nSPS) is 8.33. The average Bonchev–Trinajstić information content (AvgIpc) is 2.34. The van der Waals surface area contributed by atoms with Crippen molar-refractivity contribution < 1.29 is 4.42 Å². The first kappa shape index (κ1) is 5.63. The van der Waals surface area contributed by atoms with E-state index in [9.17, 15) is 0 Å². The molecule has 0 fully saturated rings. The van der Waals surface area contributed by atoms with Gasteiger partial charge in [0.25, 0.3) is 0 Å². The molecular formula is C5H5N3O. The lowest BCUT2D eigenvalue weighted by Crippen LogP contribution is -2.03. The number of hydrogen-bond acceptors (Lipinski definition) is 4. The van der Waals surface area contributed by atoms with Crippen molar-refractivity contribution >= 4 is 0 Å². The summed E-state index contributed by atoms with van der Waals surface area (Å²) in [4.78, 5) is 3.77. The molecule has 1 rings (SSSR count). The van der Waals surface area contributed by atoms with Crippen LogP contribution >= 0.6 is 0 Å². The number of oxazole rings is 1. The molecule has 0 aliphatic rings. The maximum atomic E-state index is 8.05. The standard InChI is InChI=1S/C5H5N3O/c6-3-7-1-5-2-9-4-8-5/h2,4,7H,1H2. The third-order valence-corrected chi connectivity index (χ3v) is 0.832. The molecule has 0 saturated heterocycles. The molecular weight excluding hydrogens is 118 g/mol. The van der Waals surface area contributed by atoms with Crippen LogP contribution in [0.2, 0.25) is 0 Å². The lowest BCUT2D eigenvalue weighted by atomic mass is 10.5. The predicted octanol–water partition coefficient (Wildman–Crippen LogP) is 0.245. The Hall–Kier alpha value is -1.50. The largest absolute Gasteiger partial charge is 0.451 e. The summed E-state index contributed by atoms with van der Waals surface area (Å²) in [5.74, 6) is 0. The fourth-order valence-corrected chi connectivity index (χ4v) is 0.455. The summed E-state index contributed by atoms with van der Waals surface area (Å²) in [5.41, 5.74) is 0.733. The number of nitrogens with zero attached hydrogens (tertiary/aromatic N) is 2. The molecule has 0 aromatic carbocycles. The van der Waals surface area contributed by atoms with Crippen LogP contribution in [0.5, 0.6) is 0 Å². The molecule has 0 aliphatic heterocycles. The van der Waals surface area contributed by atoms with Gasteiger partial charge < -0.3 is 9.73 Å². The summed E-state index contributed by atoms with van der Waals surface area (Å²) < 4.78 is 4.65. The van der Waals surface area contributed by atoms with Crippen molar-refractivity contribution in [3.05, 3.63) is 18.4 Å². The molecule has 0 radical (unpaired) electrons. The van der Waals surface area contributed by atoms with Crippen LogP contribution in [0.4, 0.5) is 0 Å². The highest BCUT2D eigenvalue weighted by Crippen LogP contribution is 1.91. The highest BCUT2D eigenvalue weighted by atomic mass is 16.3. The minimum atomic E-state index is 0.437. The first-order chi connectivity index (χ1) is 4.43. The first-order valence-electron chi connectivity index (χ1n) is 2.42. The summed E-state index contributed by atoms with van der Waals surface area (Å²) >= 11 is 0. The molecule has 0 amide bonds. The summed E-state index contributed by atoms with van der Waals surface area (Å²) in [5, 5.41) is 10.5. The number of rotatable bonds is 2. The number of nitriles is 1. The van der Waals surface area contributed by atoms with Crippen LogP contribution in [-0.4, -0.2) is 4.98 Å². The van der Waals surface area contributed by atoms with E-state index in [1.54, 1.807) is 6.19 Å². The van der Waals surface area contributed by atoms with E-state index < -0.39 is 0 Å². The number of nitrogens with one attached hydrogen (secondary N) is 1. The van der Waals surface area contributed by atoms with Gasteiger partial charge in [0.2, 0.25) is 0 Å². The Labute approximate surface area is 52.1 Å². The van der Waals surface area contributed by atoms with Crippen molar-refractivity contribution in [2.24, 2.45) is 0 Å². The third kappa shape index (κ3) is 1.46.